The van der Waals surface area contributed by atoms with Crippen molar-refractivity contribution in [3.05, 3.63) is 36.1 Å². The minimum atomic E-state index is -0.975. The Morgan fingerprint density at radius 3 is 2.53 bits per heavy atom. The molecule has 1 amide bonds. The zero-order chi connectivity index (χ0) is 24.0. The number of rotatable bonds is 16. The van der Waals surface area contributed by atoms with Crippen LogP contribution in [0.5, 0.6) is 0 Å². The number of halogens is 1. The number of allylic oxidation sites excluding steroid dienone is 2. The third kappa shape index (κ3) is 11.4. The van der Waals surface area contributed by atoms with Crippen LogP contribution < -0.4 is 5.32 Å². The second kappa shape index (κ2) is 15.4. The van der Waals surface area contributed by atoms with Crippen molar-refractivity contribution in [2.45, 2.75) is 108 Å². The minimum Gasteiger partial charge on any atom is -0.450 e. The molecule has 7 heteroatoms. The van der Waals surface area contributed by atoms with E-state index in [2.05, 4.69) is 28.2 Å². The third-order valence-corrected chi connectivity index (χ3v) is 6.64. The van der Waals surface area contributed by atoms with Gasteiger partial charge in [0.05, 0.1) is 18.6 Å². The number of nitrogens with one attached hydrogen (secondary N) is 1. The van der Waals surface area contributed by atoms with Crippen LogP contribution in [0.25, 0.3) is 0 Å². The van der Waals surface area contributed by atoms with Crippen LogP contribution in [0.3, 0.4) is 0 Å². The Morgan fingerprint density at radius 2 is 1.88 bits per heavy atom. The summed E-state index contributed by atoms with van der Waals surface area (Å²) in [5.74, 6) is -1.02. The molecule has 0 aromatic heterocycles. The lowest BCUT2D eigenvalue weighted by molar-refractivity contribution is -0.146. The SMILES string of the molecule is CCCCCCCCC(Br)C(O)CC=CC=CC(O)CC(=O)NC1=CC(C)(CC)OC1=O. The number of carbonyl (C=O) groups is 2. The van der Waals surface area contributed by atoms with Gasteiger partial charge in [-0.2, -0.15) is 0 Å². The van der Waals surface area contributed by atoms with Gasteiger partial charge in [0.15, 0.2) is 0 Å². The monoisotopic (exact) mass is 513 g/mol. The van der Waals surface area contributed by atoms with Gasteiger partial charge in [0.2, 0.25) is 5.91 Å². The maximum Gasteiger partial charge on any atom is 0.355 e. The van der Waals surface area contributed by atoms with Crippen LogP contribution in [-0.2, 0) is 14.3 Å². The number of aliphatic hydroxyl groups excluding tert-OH is 2. The molecule has 3 N–H and O–H groups in total. The van der Waals surface area contributed by atoms with Crippen molar-refractivity contribution < 1.29 is 24.5 Å². The molecule has 0 saturated heterocycles. The van der Waals surface area contributed by atoms with Gasteiger partial charge in [0.25, 0.3) is 0 Å². The highest BCUT2D eigenvalue weighted by atomic mass is 79.9. The van der Waals surface area contributed by atoms with Crippen LogP contribution in [0.4, 0.5) is 0 Å². The summed E-state index contributed by atoms with van der Waals surface area (Å²) >= 11 is 3.57. The smallest absolute Gasteiger partial charge is 0.355 e. The molecule has 6 nitrogen and oxygen atoms in total. The van der Waals surface area contributed by atoms with Gasteiger partial charge in [-0.1, -0.05) is 92.6 Å². The Morgan fingerprint density at radius 1 is 1.19 bits per heavy atom. The molecule has 1 heterocycles. The lowest BCUT2D eigenvalue weighted by Gasteiger charge is -2.17. The molecule has 1 aliphatic rings. The average molecular weight is 515 g/mol. The third-order valence-electron chi connectivity index (χ3n) is 5.58. The van der Waals surface area contributed by atoms with Gasteiger partial charge >= 0.3 is 5.97 Å². The van der Waals surface area contributed by atoms with Crippen LogP contribution in [-0.4, -0.2) is 44.7 Å². The van der Waals surface area contributed by atoms with Crippen LogP contribution in [0.15, 0.2) is 36.1 Å². The quantitative estimate of drug-likeness (QED) is 0.119. The number of hydrogen-bond acceptors (Lipinski definition) is 5. The topological polar surface area (TPSA) is 95.9 Å². The van der Waals surface area contributed by atoms with E-state index in [-0.39, 0.29) is 16.9 Å². The van der Waals surface area contributed by atoms with Crippen molar-refractivity contribution >= 4 is 27.8 Å². The standard InChI is InChI=1S/C25H40BrNO5/c1-4-6-7-8-9-12-15-20(26)22(29)16-13-10-11-14-19(28)17-23(30)27-21-18-25(3,5-2)32-24(21)31/h10-11,13-14,18-20,22,28-29H,4-9,12,15-17H2,1-3H3,(H,27,30). The summed E-state index contributed by atoms with van der Waals surface area (Å²) in [4.78, 5) is 23.9. The van der Waals surface area contributed by atoms with Gasteiger partial charge in [0.1, 0.15) is 11.3 Å². The Kier molecular flexibility index (Phi) is 13.8. The first kappa shape index (κ1) is 28.6. The van der Waals surface area contributed by atoms with Crippen molar-refractivity contribution in [1.82, 2.24) is 5.32 Å². The minimum absolute atomic E-state index is 0.0720. The highest BCUT2D eigenvalue weighted by Gasteiger charge is 2.35. The van der Waals surface area contributed by atoms with E-state index in [1.807, 2.05) is 13.0 Å². The van der Waals surface area contributed by atoms with Crippen molar-refractivity contribution in [3.8, 4) is 0 Å². The van der Waals surface area contributed by atoms with Crippen LogP contribution in [0, 0.1) is 0 Å². The highest BCUT2D eigenvalue weighted by molar-refractivity contribution is 9.09. The molecule has 0 saturated carbocycles. The molecule has 0 aromatic carbocycles. The summed E-state index contributed by atoms with van der Waals surface area (Å²) in [6, 6.07) is 0. The Hall–Kier alpha value is -1.44. The second-order valence-electron chi connectivity index (χ2n) is 8.62. The van der Waals surface area contributed by atoms with E-state index in [4.69, 9.17) is 4.74 Å². The molecule has 0 aliphatic carbocycles. The summed E-state index contributed by atoms with van der Waals surface area (Å²) in [6.45, 7) is 5.88. The molecule has 0 fully saturated rings. The molecule has 1 aliphatic heterocycles. The molecular formula is C25H40BrNO5. The Balaban J connectivity index is 2.26. The number of alkyl halides is 1. The van der Waals surface area contributed by atoms with Crippen LogP contribution >= 0.6 is 15.9 Å². The molecule has 0 spiro atoms. The number of aliphatic hydroxyl groups is 2. The van der Waals surface area contributed by atoms with Gasteiger partial charge in [-0.3, -0.25) is 4.79 Å². The first-order chi connectivity index (χ1) is 15.2. The summed E-state index contributed by atoms with van der Waals surface area (Å²) < 4.78 is 5.23. The van der Waals surface area contributed by atoms with E-state index in [1.54, 1.807) is 25.2 Å². The molecule has 1 rings (SSSR count). The van der Waals surface area contributed by atoms with E-state index in [0.29, 0.717) is 12.8 Å². The summed E-state index contributed by atoms with van der Waals surface area (Å²) in [6.07, 6.45) is 16.2. The number of carbonyl (C=O) groups excluding carboxylic acids is 2. The molecule has 0 radical (unpaired) electrons. The lowest BCUT2D eigenvalue weighted by atomic mass is 10.0. The number of amides is 1. The summed E-state index contributed by atoms with van der Waals surface area (Å²) in [5.41, 5.74) is -0.578. The van der Waals surface area contributed by atoms with E-state index in [1.165, 1.54) is 38.2 Å². The number of cyclic esters (lactones) is 1. The maximum atomic E-state index is 12.1. The number of esters is 1. The fraction of sp³-hybridized carbons (Fsp3) is 0.680. The van der Waals surface area contributed by atoms with Gasteiger partial charge < -0.3 is 20.3 Å². The molecule has 0 bridgehead atoms. The van der Waals surface area contributed by atoms with Crippen molar-refractivity contribution in [1.29, 1.82) is 0 Å². The first-order valence-electron chi connectivity index (χ1n) is 11.8. The fourth-order valence-corrected chi connectivity index (χ4v) is 3.87. The predicted molar refractivity (Wildman–Crippen MR) is 131 cm³/mol. The van der Waals surface area contributed by atoms with Gasteiger partial charge in [-0.15, -0.1) is 0 Å². The number of unbranched alkanes of at least 4 members (excludes halogenated alkanes) is 5. The Bertz CT molecular complexity index is 675. The second-order valence-corrected chi connectivity index (χ2v) is 9.80. The van der Waals surface area contributed by atoms with Crippen molar-refractivity contribution in [2.75, 3.05) is 0 Å². The van der Waals surface area contributed by atoms with Gasteiger partial charge in [0, 0.05) is 4.83 Å². The van der Waals surface area contributed by atoms with E-state index >= 15 is 0 Å². The first-order valence-corrected chi connectivity index (χ1v) is 12.7. The van der Waals surface area contributed by atoms with E-state index in [9.17, 15) is 19.8 Å². The van der Waals surface area contributed by atoms with Gasteiger partial charge in [-0.25, -0.2) is 4.79 Å². The zero-order valence-electron chi connectivity index (χ0n) is 19.7. The fourth-order valence-electron chi connectivity index (χ4n) is 3.33. The van der Waals surface area contributed by atoms with Crippen LogP contribution in [0.2, 0.25) is 0 Å². The molecule has 4 atom stereocenters. The van der Waals surface area contributed by atoms with Crippen molar-refractivity contribution in [2.24, 2.45) is 0 Å². The lowest BCUT2D eigenvalue weighted by Crippen LogP contribution is -2.28. The number of hydrogen-bond donors (Lipinski definition) is 3. The van der Waals surface area contributed by atoms with E-state index < -0.39 is 29.7 Å². The summed E-state index contributed by atoms with van der Waals surface area (Å²) in [5, 5.41) is 22.7. The normalized spacial score (nSPS) is 21.6. The largest absolute Gasteiger partial charge is 0.450 e. The summed E-state index contributed by atoms with van der Waals surface area (Å²) in [7, 11) is 0. The molecule has 182 valence electrons. The predicted octanol–water partition coefficient (Wildman–Crippen LogP) is 4.84. The zero-order valence-corrected chi connectivity index (χ0v) is 21.3. The molecular weight excluding hydrogens is 474 g/mol. The molecule has 4 unspecified atom stereocenters. The maximum absolute atomic E-state index is 12.1. The number of ether oxygens (including phenoxy) is 1. The molecule has 0 aromatic rings. The van der Waals surface area contributed by atoms with Gasteiger partial charge in [-0.05, 0) is 32.3 Å². The highest BCUT2D eigenvalue weighted by Crippen LogP contribution is 2.26. The average Bonchev–Trinajstić information content (AvgIpc) is 3.03. The van der Waals surface area contributed by atoms with Crippen molar-refractivity contribution in [3.63, 3.8) is 0 Å². The van der Waals surface area contributed by atoms with Crippen LogP contribution in [0.1, 0.15) is 85.0 Å². The molecule has 32 heavy (non-hydrogen) atoms. The Labute approximate surface area is 201 Å². The van der Waals surface area contributed by atoms with E-state index in [0.717, 1.165) is 12.8 Å².